The first-order valence-electron chi connectivity index (χ1n) is 4.96. The average Bonchev–Trinajstić information content (AvgIpc) is 2.68. The Morgan fingerprint density at radius 1 is 1.53 bits per heavy atom. The Balaban J connectivity index is 2.11. The summed E-state index contributed by atoms with van der Waals surface area (Å²) in [6.07, 6.45) is 1.82. The van der Waals surface area contributed by atoms with E-state index < -0.39 is 0 Å². The number of aromatic nitrogens is 1. The minimum Gasteiger partial charge on any atom is -0.397 e. The summed E-state index contributed by atoms with van der Waals surface area (Å²) in [6, 6.07) is 3.03. The van der Waals surface area contributed by atoms with Crippen molar-refractivity contribution in [3.8, 4) is 0 Å². The largest absolute Gasteiger partial charge is 0.397 e. The van der Waals surface area contributed by atoms with Crippen LogP contribution in [0.2, 0.25) is 0 Å². The molecular formula is C11H11FIN3S. The summed E-state index contributed by atoms with van der Waals surface area (Å²) in [5, 5.41) is 4.05. The number of thiazole rings is 1. The molecule has 3 N–H and O–H groups in total. The summed E-state index contributed by atoms with van der Waals surface area (Å²) in [6.45, 7) is 2.56. The highest BCUT2D eigenvalue weighted by atomic mass is 127. The second kappa shape index (κ2) is 5.18. The van der Waals surface area contributed by atoms with E-state index in [9.17, 15) is 4.39 Å². The fourth-order valence-corrected chi connectivity index (χ4v) is 2.59. The van der Waals surface area contributed by atoms with Gasteiger partial charge in [-0.15, -0.1) is 11.3 Å². The van der Waals surface area contributed by atoms with E-state index in [2.05, 4.69) is 10.3 Å². The maximum atomic E-state index is 13.4. The van der Waals surface area contributed by atoms with Crippen LogP contribution in [0.25, 0.3) is 0 Å². The second-order valence-electron chi connectivity index (χ2n) is 3.57. The van der Waals surface area contributed by atoms with Gasteiger partial charge in [0.05, 0.1) is 21.5 Å². The van der Waals surface area contributed by atoms with Crippen LogP contribution in [0.3, 0.4) is 0 Å². The quantitative estimate of drug-likeness (QED) is 0.649. The molecule has 0 fully saturated rings. The molecule has 90 valence electrons. The van der Waals surface area contributed by atoms with E-state index in [1.807, 2.05) is 35.7 Å². The molecule has 0 spiro atoms. The number of halogens is 2. The Labute approximate surface area is 116 Å². The summed E-state index contributed by atoms with van der Waals surface area (Å²) in [5.41, 5.74) is 6.96. The van der Waals surface area contributed by atoms with Crippen LogP contribution >= 0.6 is 33.9 Å². The predicted octanol–water partition coefficient (Wildman–Crippen LogP) is 3.39. The molecule has 0 aliphatic rings. The van der Waals surface area contributed by atoms with Gasteiger partial charge in [0.2, 0.25) is 0 Å². The molecule has 0 unspecified atom stereocenters. The number of nitrogens with zero attached hydrogens (tertiary/aromatic N) is 1. The molecule has 2 rings (SSSR count). The van der Waals surface area contributed by atoms with Crippen LogP contribution < -0.4 is 11.1 Å². The Morgan fingerprint density at radius 3 is 2.94 bits per heavy atom. The maximum absolute atomic E-state index is 13.4. The van der Waals surface area contributed by atoms with E-state index in [1.165, 1.54) is 6.07 Å². The molecule has 17 heavy (non-hydrogen) atoms. The van der Waals surface area contributed by atoms with Gasteiger partial charge in [-0.05, 0) is 35.6 Å². The van der Waals surface area contributed by atoms with Gasteiger partial charge < -0.3 is 11.1 Å². The van der Waals surface area contributed by atoms with Crippen molar-refractivity contribution in [2.24, 2.45) is 0 Å². The van der Waals surface area contributed by atoms with Gasteiger partial charge in [0.25, 0.3) is 0 Å². The molecule has 0 radical (unpaired) electrons. The molecule has 0 aliphatic heterocycles. The summed E-state index contributed by atoms with van der Waals surface area (Å²) in [4.78, 5) is 5.38. The minimum atomic E-state index is -0.266. The van der Waals surface area contributed by atoms with E-state index in [0.29, 0.717) is 21.5 Å². The summed E-state index contributed by atoms with van der Waals surface area (Å²) in [7, 11) is 0. The molecule has 1 aromatic carbocycles. The Kier molecular flexibility index (Phi) is 3.82. The Hall–Kier alpha value is -0.890. The van der Waals surface area contributed by atoms with Gasteiger partial charge in [0.1, 0.15) is 10.8 Å². The zero-order valence-electron chi connectivity index (χ0n) is 9.13. The molecular weight excluding hydrogens is 352 g/mol. The lowest BCUT2D eigenvalue weighted by Crippen LogP contribution is -2.03. The molecule has 0 saturated heterocycles. The van der Waals surface area contributed by atoms with Crippen molar-refractivity contribution in [2.75, 3.05) is 11.1 Å². The molecule has 0 bridgehead atoms. The molecule has 1 heterocycles. The first-order chi connectivity index (χ1) is 8.06. The normalized spacial score (nSPS) is 10.5. The van der Waals surface area contributed by atoms with Crippen molar-refractivity contribution in [1.29, 1.82) is 0 Å². The van der Waals surface area contributed by atoms with Crippen molar-refractivity contribution in [3.05, 3.63) is 37.6 Å². The molecule has 3 nitrogen and oxygen atoms in total. The number of nitrogens with one attached hydrogen (secondary N) is 1. The fourth-order valence-electron chi connectivity index (χ4n) is 1.37. The first kappa shape index (κ1) is 12.6. The van der Waals surface area contributed by atoms with Gasteiger partial charge in [-0.1, -0.05) is 0 Å². The van der Waals surface area contributed by atoms with Crippen molar-refractivity contribution in [2.45, 2.75) is 13.5 Å². The molecule has 0 saturated carbocycles. The highest BCUT2D eigenvalue weighted by Crippen LogP contribution is 2.25. The van der Waals surface area contributed by atoms with Crippen molar-refractivity contribution < 1.29 is 4.39 Å². The topological polar surface area (TPSA) is 50.9 Å². The monoisotopic (exact) mass is 363 g/mol. The first-order valence-corrected chi connectivity index (χ1v) is 6.85. The predicted molar refractivity (Wildman–Crippen MR) is 77.7 cm³/mol. The molecule has 0 amide bonds. The molecule has 0 atom stereocenters. The van der Waals surface area contributed by atoms with Gasteiger partial charge in [0.15, 0.2) is 0 Å². The highest BCUT2D eigenvalue weighted by Gasteiger charge is 2.06. The Morgan fingerprint density at radius 2 is 2.29 bits per heavy atom. The fraction of sp³-hybridized carbons (Fsp3) is 0.182. The van der Waals surface area contributed by atoms with Gasteiger partial charge >= 0.3 is 0 Å². The van der Waals surface area contributed by atoms with E-state index in [-0.39, 0.29) is 5.82 Å². The van der Waals surface area contributed by atoms with Crippen molar-refractivity contribution in [1.82, 2.24) is 4.98 Å². The van der Waals surface area contributed by atoms with E-state index >= 15 is 0 Å². The van der Waals surface area contributed by atoms with Gasteiger partial charge in [-0.2, -0.15) is 0 Å². The smallest absolute Gasteiger partial charge is 0.138 e. The summed E-state index contributed by atoms with van der Waals surface area (Å²) >= 11 is 3.53. The van der Waals surface area contributed by atoms with Gasteiger partial charge in [-0.25, -0.2) is 9.37 Å². The second-order valence-corrected chi connectivity index (χ2v) is 6.05. The van der Waals surface area contributed by atoms with Crippen LogP contribution in [-0.4, -0.2) is 4.98 Å². The zero-order valence-corrected chi connectivity index (χ0v) is 12.1. The number of anilines is 2. The summed E-state index contributed by atoms with van der Waals surface area (Å²) in [5.74, 6) is -0.266. The van der Waals surface area contributed by atoms with Gasteiger partial charge in [0, 0.05) is 17.1 Å². The number of rotatable bonds is 3. The lowest BCUT2D eigenvalue weighted by Gasteiger charge is -2.08. The SMILES string of the molecule is Cc1cnc(CNc2cc(F)c(I)cc2N)s1. The van der Waals surface area contributed by atoms with Crippen LogP contribution in [0, 0.1) is 16.3 Å². The summed E-state index contributed by atoms with van der Waals surface area (Å²) < 4.78 is 13.9. The average molecular weight is 363 g/mol. The van der Waals surface area contributed by atoms with Crippen LogP contribution in [0.5, 0.6) is 0 Å². The number of benzene rings is 1. The lowest BCUT2D eigenvalue weighted by molar-refractivity contribution is 0.621. The number of nitrogens with two attached hydrogens (primary N) is 1. The zero-order chi connectivity index (χ0) is 12.4. The van der Waals surface area contributed by atoms with Crippen LogP contribution in [-0.2, 0) is 6.54 Å². The lowest BCUT2D eigenvalue weighted by atomic mass is 10.2. The van der Waals surface area contributed by atoms with Crippen LogP contribution in [0.4, 0.5) is 15.8 Å². The van der Waals surface area contributed by atoms with E-state index in [4.69, 9.17) is 5.73 Å². The van der Waals surface area contributed by atoms with Crippen molar-refractivity contribution >= 4 is 45.3 Å². The number of aryl methyl sites for hydroxylation is 1. The standard InChI is InChI=1S/C11H11FIN3S/c1-6-4-16-11(17-6)5-15-10-2-7(12)8(13)3-9(10)14/h2-4,15H,5,14H2,1H3. The molecule has 2 aromatic rings. The molecule has 6 heteroatoms. The number of hydrogen-bond donors (Lipinski definition) is 2. The Bertz CT molecular complexity index is 542. The highest BCUT2D eigenvalue weighted by molar-refractivity contribution is 14.1. The minimum absolute atomic E-state index is 0.266. The third kappa shape index (κ3) is 3.06. The third-order valence-electron chi connectivity index (χ3n) is 2.19. The van der Waals surface area contributed by atoms with Crippen molar-refractivity contribution in [3.63, 3.8) is 0 Å². The number of hydrogen-bond acceptors (Lipinski definition) is 4. The van der Waals surface area contributed by atoms with Crippen LogP contribution in [0.1, 0.15) is 9.88 Å². The maximum Gasteiger partial charge on any atom is 0.138 e. The van der Waals surface area contributed by atoms with E-state index in [0.717, 1.165) is 9.88 Å². The third-order valence-corrected chi connectivity index (χ3v) is 3.93. The van der Waals surface area contributed by atoms with Gasteiger partial charge in [-0.3, -0.25) is 0 Å². The van der Waals surface area contributed by atoms with Crippen LogP contribution in [0.15, 0.2) is 18.3 Å². The van der Waals surface area contributed by atoms with E-state index in [1.54, 1.807) is 17.4 Å². The molecule has 1 aromatic heterocycles. The molecule has 0 aliphatic carbocycles. The number of nitrogen functional groups attached to an aromatic ring is 1.